The minimum Gasteiger partial charge on any atom is -0.465 e. The SMILES string of the molecule is CCOC(=O)CN(C(=O)/C(C)=C/c1ccc(C(=O)Oc2ccc(NC(=N)N)cc2)cc1)c1ccccc1. The Kier molecular flexibility index (Phi) is 9.15. The molecule has 0 aliphatic heterocycles. The number of rotatable bonds is 9. The van der Waals surface area contributed by atoms with E-state index in [9.17, 15) is 14.4 Å². The Labute approximate surface area is 215 Å². The molecule has 0 heterocycles. The number of nitrogens with one attached hydrogen (secondary N) is 2. The summed E-state index contributed by atoms with van der Waals surface area (Å²) in [6, 6.07) is 21.9. The van der Waals surface area contributed by atoms with Gasteiger partial charge in [0.25, 0.3) is 5.91 Å². The van der Waals surface area contributed by atoms with E-state index in [1.807, 2.05) is 6.07 Å². The number of hydrogen-bond acceptors (Lipinski definition) is 6. The molecule has 0 aromatic heterocycles. The van der Waals surface area contributed by atoms with Crippen molar-refractivity contribution in [2.24, 2.45) is 5.73 Å². The summed E-state index contributed by atoms with van der Waals surface area (Å²) in [5.41, 5.74) is 7.91. The highest BCUT2D eigenvalue weighted by molar-refractivity contribution is 6.10. The summed E-state index contributed by atoms with van der Waals surface area (Å²) >= 11 is 0. The van der Waals surface area contributed by atoms with Gasteiger partial charge in [0.15, 0.2) is 5.96 Å². The van der Waals surface area contributed by atoms with Crippen LogP contribution in [0.3, 0.4) is 0 Å². The van der Waals surface area contributed by atoms with Gasteiger partial charge in [-0.1, -0.05) is 30.3 Å². The van der Waals surface area contributed by atoms with E-state index in [1.165, 1.54) is 4.90 Å². The van der Waals surface area contributed by atoms with E-state index in [2.05, 4.69) is 5.32 Å². The molecule has 0 saturated heterocycles. The largest absolute Gasteiger partial charge is 0.465 e. The predicted octanol–water partition coefficient (Wildman–Crippen LogP) is 4.21. The topological polar surface area (TPSA) is 135 Å². The molecule has 0 spiro atoms. The lowest BCUT2D eigenvalue weighted by Crippen LogP contribution is -2.37. The molecule has 3 rings (SSSR count). The van der Waals surface area contributed by atoms with Crippen LogP contribution in [0.5, 0.6) is 5.75 Å². The monoisotopic (exact) mass is 500 g/mol. The molecular weight excluding hydrogens is 472 g/mol. The molecule has 9 nitrogen and oxygen atoms in total. The molecule has 0 bridgehead atoms. The van der Waals surface area contributed by atoms with Crippen LogP contribution >= 0.6 is 0 Å². The Morgan fingerprint density at radius 2 is 1.62 bits per heavy atom. The number of benzene rings is 3. The zero-order valence-corrected chi connectivity index (χ0v) is 20.6. The number of carbonyl (C=O) groups is 3. The van der Waals surface area contributed by atoms with Crippen molar-refractivity contribution >= 4 is 41.3 Å². The second-order valence-electron chi connectivity index (χ2n) is 7.93. The minimum atomic E-state index is -0.541. The zero-order chi connectivity index (χ0) is 26.8. The van der Waals surface area contributed by atoms with Crippen LogP contribution < -0.4 is 20.7 Å². The molecule has 3 aromatic rings. The Balaban J connectivity index is 1.70. The minimum absolute atomic E-state index is 0.192. The number of hydrogen-bond donors (Lipinski definition) is 3. The van der Waals surface area contributed by atoms with Crippen molar-refractivity contribution in [2.45, 2.75) is 13.8 Å². The van der Waals surface area contributed by atoms with E-state index >= 15 is 0 Å². The maximum Gasteiger partial charge on any atom is 0.343 e. The van der Waals surface area contributed by atoms with Crippen molar-refractivity contribution in [1.29, 1.82) is 5.41 Å². The molecule has 3 aromatic carbocycles. The molecule has 190 valence electrons. The van der Waals surface area contributed by atoms with Crippen LogP contribution in [0.25, 0.3) is 6.08 Å². The quantitative estimate of drug-likeness (QED) is 0.132. The van der Waals surface area contributed by atoms with Gasteiger partial charge < -0.3 is 20.5 Å². The van der Waals surface area contributed by atoms with Crippen LogP contribution in [0.4, 0.5) is 11.4 Å². The van der Waals surface area contributed by atoms with Gasteiger partial charge in [0.2, 0.25) is 0 Å². The first-order chi connectivity index (χ1) is 17.8. The fourth-order valence-corrected chi connectivity index (χ4v) is 3.39. The number of carbonyl (C=O) groups excluding carboxylic acids is 3. The first-order valence-electron chi connectivity index (χ1n) is 11.5. The fourth-order valence-electron chi connectivity index (χ4n) is 3.39. The molecule has 0 fully saturated rings. The lowest BCUT2D eigenvalue weighted by molar-refractivity contribution is -0.142. The summed E-state index contributed by atoms with van der Waals surface area (Å²) < 4.78 is 10.4. The third-order valence-electron chi connectivity index (χ3n) is 5.12. The standard InChI is InChI=1S/C28H28N4O5/c1-3-36-25(33)18-32(23-7-5-4-6-8-23)26(34)19(2)17-20-9-11-21(12-10-20)27(35)37-24-15-13-22(14-16-24)31-28(29)30/h4-17H,3,18H2,1-2H3,(H4,29,30,31)/b19-17+. The first kappa shape index (κ1) is 26.7. The van der Waals surface area contributed by atoms with Gasteiger partial charge in [0.05, 0.1) is 12.2 Å². The molecule has 0 saturated carbocycles. The molecule has 4 N–H and O–H groups in total. The molecule has 0 unspecified atom stereocenters. The maximum absolute atomic E-state index is 13.2. The fraction of sp³-hybridized carbons (Fsp3) is 0.143. The number of guanidine groups is 1. The van der Waals surface area contributed by atoms with Crippen LogP contribution in [-0.2, 0) is 14.3 Å². The normalized spacial score (nSPS) is 10.8. The van der Waals surface area contributed by atoms with Crippen molar-refractivity contribution in [3.63, 3.8) is 0 Å². The van der Waals surface area contributed by atoms with Crippen LogP contribution in [0.1, 0.15) is 29.8 Å². The summed E-state index contributed by atoms with van der Waals surface area (Å²) in [5.74, 6) is -1.24. The van der Waals surface area contributed by atoms with E-state index in [1.54, 1.807) is 92.7 Å². The van der Waals surface area contributed by atoms with Gasteiger partial charge in [0, 0.05) is 16.9 Å². The van der Waals surface area contributed by atoms with Gasteiger partial charge in [-0.2, -0.15) is 0 Å². The summed E-state index contributed by atoms with van der Waals surface area (Å²) in [5, 5.41) is 9.88. The average molecular weight is 501 g/mol. The molecule has 0 radical (unpaired) electrons. The smallest absolute Gasteiger partial charge is 0.343 e. The van der Waals surface area contributed by atoms with E-state index in [0.717, 1.165) is 0 Å². The lowest BCUT2D eigenvalue weighted by Gasteiger charge is -2.22. The molecule has 0 aliphatic rings. The van der Waals surface area contributed by atoms with E-state index in [4.69, 9.17) is 20.6 Å². The van der Waals surface area contributed by atoms with Gasteiger partial charge in [-0.25, -0.2) is 4.79 Å². The summed E-state index contributed by atoms with van der Waals surface area (Å²) in [6.07, 6.45) is 1.68. The highest BCUT2D eigenvalue weighted by Crippen LogP contribution is 2.20. The maximum atomic E-state index is 13.2. The number of ether oxygens (including phenoxy) is 2. The second-order valence-corrected chi connectivity index (χ2v) is 7.93. The third-order valence-corrected chi connectivity index (χ3v) is 5.12. The van der Waals surface area contributed by atoms with E-state index < -0.39 is 11.9 Å². The van der Waals surface area contributed by atoms with Crippen molar-refractivity contribution < 1.29 is 23.9 Å². The Morgan fingerprint density at radius 1 is 0.973 bits per heavy atom. The third kappa shape index (κ3) is 7.79. The van der Waals surface area contributed by atoms with Gasteiger partial charge in [-0.05, 0) is 74.0 Å². The molecule has 37 heavy (non-hydrogen) atoms. The van der Waals surface area contributed by atoms with Gasteiger partial charge in [-0.15, -0.1) is 0 Å². The van der Waals surface area contributed by atoms with E-state index in [-0.39, 0.29) is 25.0 Å². The zero-order valence-electron chi connectivity index (χ0n) is 20.6. The van der Waals surface area contributed by atoms with E-state index in [0.29, 0.717) is 33.8 Å². The number of amides is 1. The summed E-state index contributed by atoms with van der Waals surface area (Å²) in [7, 11) is 0. The molecule has 1 amide bonds. The Bertz CT molecular complexity index is 1290. The highest BCUT2D eigenvalue weighted by Gasteiger charge is 2.21. The summed E-state index contributed by atoms with van der Waals surface area (Å²) in [4.78, 5) is 39.2. The lowest BCUT2D eigenvalue weighted by atomic mass is 10.1. The Morgan fingerprint density at radius 3 is 2.22 bits per heavy atom. The predicted molar refractivity (Wildman–Crippen MR) is 142 cm³/mol. The second kappa shape index (κ2) is 12.7. The van der Waals surface area contributed by atoms with Crippen molar-refractivity contribution in [3.05, 3.63) is 95.6 Å². The van der Waals surface area contributed by atoms with Gasteiger partial charge >= 0.3 is 11.9 Å². The van der Waals surface area contributed by atoms with Crippen LogP contribution in [0, 0.1) is 5.41 Å². The highest BCUT2D eigenvalue weighted by atomic mass is 16.5. The summed E-state index contributed by atoms with van der Waals surface area (Å²) in [6.45, 7) is 3.39. The number of nitrogens with zero attached hydrogens (tertiary/aromatic N) is 1. The molecular formula is C28H28N4O5. The number of anilines is 2. The van der Waals surface area contributed by atoms with Gasteiger partial charge in [0.1, 0.15) is 12.3 Å². The van der Waals surface area contributed by atoms with Crippen molar-refractivity contribution in [2.75, 3.05) is 23.4 Å². The molecule has 0 atom stereocenters. The number of nitrogens with two attached hydrogens (primary N) is 1. The van der Waals surface area contributed by atoms with Crippen molar-refractivity contribution in [3.8, 4) is 5.75 Å². The number of para-hydroxylation sites is 1. The molecule has 0 aliphatic carbocycles. The molecule has 9 heteroatoms. The van der Waals surface area contributed by atoms with Crippen LogP contribution in [0.2, 0.25) is 0 Å². The van der Waals surface area contributed by atoms with Crippen molar-refractivity contribution in [1.82, 2.24) is 0 Å². The van der Waals surface area contributed by atoms with Crippen LogP contribution in [0.15, 0.2) is 84.4 Å². The Hall–Kier alpha value is -4.92. The van der Waals surface area contributed by atoms with Crippen LogP contribution in [-0.4, -0.2) is 37.0 Å². The first-order valence-corrected chi connectivity index (χ1v) is 11.5. The number of esters is 2. The van der Waals surface area contributed by atoms with Gasteiger partial charge in [-0.3, -0.25) is 19.9 Å². The average Bonchev–Trinajstić information content (AvgIpc) is 2.89.